The van der Waals surface area contributed by atoms with E-state index < -0.39 is 0 Å². The number of aliphatic hydroxyl groups is 1. The van der Waals surface area contributed by atoms with Gasteiger partial charge < -0.3 is 10.0 Å². The predicted molar refractivity (Wildman–Crippen MR) is 84.1 cm³/mol. The molecule has 102 valence electrons. The molecule has 0 spiro atoms. The molecule has 1 N–H and O–H groups in total. The molecule has 0 amide bonds. The Morgan fingerprint density at radius 1 is 1.30 bits per heavy atom. The Balaban J connectivity index is 1.69. The molecular weight excluding hydrogens is 266 g/mol. The molecule has 0 saturated heterocycles. The maximum Gasteiger partial charge on any atom is 0.0540 e. The first-order valence-corrected chi connectivity index (χ1v) is 7.75. The Bertz CT molecular complexity index is 650. The Hall–Kier alpha value is -1.76. The Labute approximate surface area is 123 Å². The molecule has 0 atom stereocenters. The number of para-hydroxylation sites is 1. The number of anilines is 1. The maximum atomic E-state index is 8.73. The highest BCUT2D eigenvalue weighted by atomic mass is 32.1. The van der Waals surface area contributed by atoms with Crippen LogP contribution in [0.25, 0.3) is 0 Å². The molecule has 1 aliphatic heterocycles. The highest BCUT2D eigenvalue weighted by Gasteiger charge is 2.18. The molecule has 3 rings (SSSR count). The van der Waals surface area contributed by atoms with Crippen molar-refractivity contribution in [1.29, 1.82) is 0 Å². The van der Waals surface area contributed by atoms with Crippen molar-refractivity contribution in [3.05, 3.63) is 51.7 Å². The summed E-state index contributed by atoms with van der Waals surface area (Å²) in [7, 11) is 0. The van der Waals surface area contributed by atoms with Crippen molar-refractivity contribution < 1.29 is 5.11 Å². The van der Waals surface area contributed by atoms with Gasteiger partial charge in [0.15, 0.2) is 0 Å². The van der Waals surface area contributed by atoms with Crippen LogP contribution in [0.5, 0.6) is 0 Å². The standard InChI is InChI=1S/C17H17NOS/c19-10-4-3-5-14-11-16(20-13-14)12-18-9-8-15-6-1-2-7-17(15)18/h1-2,6-7,11,13,19H,4,8-10,12H2. The summed E-state index contributed by atoms with van der Waals surface area (Å²) in [5.41, 5.74) is 3.88. The normalized spacial score (nSPS) is 12.9. The summed E-state index contributed by atoms with van der Waals surface area (Å²) in [5, 5.41) is 10.8. The minimum absolute atomic E-state index is 0.133. The first kappa shape index (κ1) is 13.2. The first-order chi connectivity index (χ1) is 9.86. The Morgan fingerprint density at radius 2 is 2.20 bits per heavy atom. The topological polar surface area (TPSA) is 23.5 Å². The number of aliphatic hydroxyl groups excluding tert-OH is 1. The SMILES string of the molecule is OCCC#Cc1csc(CN2CCc3ccccc32)c1. The summed E-state index contributed by atoms with van der Waals surface area (Å²) >= 11 is 1.76. The monoisotopic (exact) mass is 283 g/mol. The van der Waals surface area contributed by atoms with E-state index in [0.29, 0.717) is 6.42 Å². The fourth-order valence-electron chi connectivity index (χ4n) is 2.51. The summed E-state index contributed by atoms with van der Waals surface area (Å²) < 4.78 is 0. The van der Waals surface area contributed by atoms with Crippen molar-refractivity contribution in [1.82, 2.24) is 0 Å². The smallest absolute Gasteiger partial charge is 0.0540 e. The lowest BCUT2D eigenvalue weighted by atomic mass is 10.2. The van der Waals surface area contributed by atoms with Gasteiger partial charge in [-0.25, -0.2) is 0 Å². The molecular formula is C17H17NOS. The van der Waals surface area contributed by atoms with Crippen molar-refractivity contribution in [2.75, 3.05) is 18.1 Å². The van der Waals surface area contributed by atoms with Crippen molar-refractivity contribution in [2.24, 2.45) is 0 Å². The average Bonchev–Trinajstić information content (AvgIpc) is 3.08. The molecule has 0 bridgehead atoms. The number of rotatable bonds is 3. The molecule has 0 unspecified atom stereocenters. The summed E-state index contributed by atoms with van der Waals surface area (Å²) in [6.45, 7) is 2.20. The highest BCUT2D eigenvalue weighted by Crippen LogP contribution is 2.29. The van der Waals surface area contributed by atoms with E-state index in [1.807, 2.05) is 0 Å². The minimum Gasteiger partial charge on any atom is -0.395 e. The van der Waals surface area contributed by atoms with Crippen LogP contribution in [0.4, 0.5) is 5.69 Å². The number of fused-ring (bicyclic) bond motifs is 1. The number of benzene rings is 1. The lowest BCUT2D eigenvalue weighted by Crippen LogP contribution is -2.18. The number of thiophene rings is 1. The van der Waals surface area contributed by atoms with Gasteiger partial charge in [0.1, 0.15) is 0 Å². The third-order valence-electron chi connectivity index (χ3n) is 3.45. The van der Waals surface area contributed by atoms with Crippen LogP contribution in [-0.2, 0) is 13.0 Å². The van der Waals surface area contributed by atoms with Crippen molar-refractivity contribution >= 4 is 17.0 Å². The fraction of sp³-hybridized carbons (Fsp3) is 0.294. The van der Waals surface area contributed by atoms with E-state index in [4.69, 9.17) is 5.11 Å². The van der Waals surface area contributed by atoms with Crippen molar-refractivity contribution in [3.8, 4) is 11.8 Å². The second-order valence-corrected chi connectivity index (χ2v) is 5.87. The molecule has 1 aromatic carbocycles. The minimum atomic E-state index is 0.133. The van der Waals surface area contributed by atoms with Gasteiger partial charge in [0, 0.05) is 34.5 Å². The zero-order valence-corrected chi connectivity index (χ0v) is 12.1. The molecule has 2 aromatic rings. The molecule has 2 heterocycles. The largest absolute Gasteiger partial charge is 0.395 e. The Kier molecular flexibility index (Phi) is 4.05. The molecule has 0 aliphatic carbocycles. The number of hydrogen-bond donors (Lipinski definition) is 1. The summed E-state index contributed by atoms with van der Waals surface area (Å²) in [6, 6.07) is 10.8. The molecule has 20 heavy (non-hydrogen) atoms. The third-order valence-corrected chi connectivity index (χ3v) is 4.37. The van der Waals surface area contributed by atoms with Crippen LogP contribution >= 0.6 is 11.3 Å². The van der Waals surface area contributed by atoms with E-state index in [-0.39, 0.29) is 6.61 Å². The van der Waals surface area contributed by atoms with Crippen LogP contribution in [0, 0.1) is 11.8 Å². The van der Waals surface area contributed by atoms with Gasteiger partial charge in [0.25, 0.3) is 0 Å². The van der Waals surface area contributed by atoms with Gasteiger partial charge in [-0.1, -0.05) is 30.0 Å². The molecule has 1 aliphatic rings. The number of nitrogens with zero attached hydrogens (tertiary/aromatic N) is 1. The maximum absolute atomic E-state index is 8.73. The number of hydrogen-bond acceptors (Lipinski definition) is 3. The molecule has 3 heteroatoms. The van der Waals surface area contributed by atoms with Crippen LogP contribution in [0.1, 0.15) is 22.4 Å². The van der Waals surface area contributed by atoms with Crippen LogP contribution in [-0.4, -0.2) is 18.3 Å². The summed E-state index contributed by atoms with van der Waals surface area (Å²) in [5.74, 6) is 6.06. The van der Waals surface area contributed by atoms with E-state index in [1.165, 1.54) is 16.1 Å². The van der Waals surface area contributed by atoms with Crippen LogP contribution in [0.3, 0.4) is 0 Å². The van der Waals surface area contributed by atoms with Crippen LogP contribution in [0.15, 0.2) is 35.7 Å². The molecule has 0 radical (unpaired) electrons. The Morgan fingerprint density at radius 3 is 3.10 bits per heavy atom. The summed E-state index contributed by atoms with van der Waals surface area (Å²) in [4.78, 5) is 3.78. The highest BCUT2D eigenvalue weighted by molar-refractivity contribution is 7.10. The van der Waals surface area contributed by atoms with Gasteiger partial charge in [0.2, 0.25) is 0 Å². The quantitative estimate of drug-likeness (QED) is 0.875. The zero-order chi connectivity index (χ0) is 13.8. The van der Waals surface area contributed by atoms with Gasteiger partial charge in [0.05, 0.1) is 13.2 Å². The molecule has 0 saturated carbocycles. The molecule has 1 aromatic heterocycles. The van der Waals surface area contributed by atoms with Gasteiger partial charge in [-0.05, 0) is 24.1 Å². The van der Waals surface area contributed by atoms with Gasteiger partial charge in [-0.15, -0.1) is 11.3 Å². The lowest BCUT2D eigenvalue weighted by Gasteiger charge is -2.18. The van der Waals surface area contributed by atoms with Gasteiger partial charge in [-0.3, -0.25) is 0 Å². The van der Waals surface area contributed by atoms with Gasteiger partial charge in [-0.2, -0.15) is 0 Å². The first-order valence-electron chi connectivity index (χ1n) is 6.87. The molecule has 0 fully saturated rings. The van der Waals surface area contributed by atoms with Gasteiger partial charge >= 0.3 is 0 Å². The third kappa shape index (κ3) is 2.87. The predicted octanol–water partition coefficient (Wildman–Crippen LogP) is 3.04. The second-order valence-electron chi connectivity index (χ2n) is 4.88. The molecule has 2 nitrogen and oxygen atoms in total. The van der Waals surface area contributed by atoms with Crippen LogP contribution in [0.2, 0.25) is 0 Å². The second kappa shape index (κ2) is 6.13. The van der Waals surface area contributed by atoms with E-state index in [1.54, 1.807) is 11.3 Å². The zero-order valence-electron chi connectivity index (χ0n) is 11.3. The van der Waals surface area contributed by atoms with Crippen molar-refractivity contribution in [3.63, 3.8) is 0 Å². The fourth-order valence-corrected chi connectivity index (χ4v) is 3.34. The lowest BCUT2D eigenvalue weighted by molar-refractivity contribution is 0.305. The van der Waals surface area contributed by atoms with E-state index in [9.17, 15) is 0 Å². The van der Waals surface area contributed by atoms with E-state index in [0.717, 1.165) is 25.1 Å². The van der Waals surface area contributed by atoms with Crippen LogP contribution < -0.4 is 4.90 Å². The van der Waals surface area contributed by atoms with Crippen molar-refractivity contribution in [2.45, 2.75) is 19.4 Å². The van der Waals surface area contributed by atoms with E-state index >= 15 is 0 Å². The average molecular weight is 283 g/mol. The van der Waals surface area contributed by atoms with E-state index in [2.05, 4.69) is 52.5 Å². The summed E-state index contributed by atoms with van der Waals surface area (Å²) in [6.07, 6.45) is 1.69.